The van der Waals surface area contributed by atoms with Gasteiger partial charge in [0.2, 0.25) is 5.91 Å². The van der Waals surface area contributed by atoms with Crippen molar-refractivity contribution in [3.05, 3.63) is 53.7 Å². The number of hydrogen-bond acceptors (Lipinski definition) is 4. The molecule has 160 valence electrons. The number of halogens is 3. The third-order valence-electron chi connectivity index (χ3n) is 4.89. The molecule has 30 heavy (non-hydrogen) atoms. The number of nitrogens with one attached hydrogen (secondary N) is 1. The highest BCUT2D eigenvalue weighted by Crippen LogP contribution is 2.31. The third-order valence-corrected chi connectivity index (χ3v) is 4.89. The van der Waals surface area contributed by atoms with Gasteiger partial charge in [0, 0.05) is 17.7 Å². The molecular formula is C21H23F3N3O3+. The zero-order valence-electron chi connectivity index (χ0n) is 16.7. The van der Waals surface area contributed by atoms with Gasteiger partial charge in [0.05, 0.1) is 32.9 Å². The lowest BCUT2D eigenvalue weighted by atomic mass is 10.1. The number of benzene rings is 1. The molecule has 3 rings (SSSR count). The van der Waals surface area contributed by atoms with Crippen LogP contribution in [-0.2, 0) is 11.0 Å². The van der Waals surface area contributed by atoms with Gasteiger partial charge < -0.3 is 14.4 Å². The summed E-state index contributed by atoms with van der Waals surface area (Å²) in [4.78, 5) is 18.8. The lowest BCUT2D eigenvalue weighted by molar-refractivity contribution is -0.367. The number of piperazine rings is 1. The van der Waals surface area contributed by atoms with Gasteiger partial charge >= 0.3 is 6.18 Å². The predicted octanol–water partition coefficient (Wildman–Crippen LogP) is 2.90. The normalized spacial score (nSPS) is 14.8. The van der Waals surface area contributed by atoms with Crippen LogP contribution < -0.4 is 19.4 Å². The lowest BCUT2D eigenvalue weighted by Crippen LogP contribution is -2.49. The summed E-state index contributed by atoms with van der Waals surface area (Å²) < 4.78 is 48.7. The molecule has 1 aliphatic rings. The fourth-order valence-corrected chi connectivity index (χ4v) is 3.27. The Morgan fingerprint density at radius 1 is 1.07 bits per heavy atom. The summed E-state index contributed by atoms with van der Waals surface area (Å²) in [5.74, 6) is 1.57. The number of amides is 1. The van der Waals surface area contributed by atoms with E-state index < -0.39 is 11.7 Å². The largest absolute Gasteiger partial charge is 0.493 e. The molecule has 2 heterocycles. The van der Waals surface area contributed by atoms with E-state index in [2.05, 4.69) is 4.98 Å². The fraction of sp³-hybridized carbons (Fsp3) is 0.333. The number of carbonyl (C=O) groups is 1. The van der Waals surface area contributed by atoms with Crippen LogP contribution in [0.15, 0.2) is 42.6 Å². The molecule has 1 saturated heterocycles. The molecule has 1 N–H and O–H groups in total. The third kappa shape index (κ3) is 4.84. The number of hydrogen-bond donors (Lipinski definition) is 0. The molecule has 9 heteroatoms. The molecule has 1 aromatic heterocycles. The van der Waals surface area contributed by atoms with Crippen LogP contribution in [0.3, 0.4) is 0 Å². The summed E-state index contributed by atoms with van der Waals surface area (Å²) in [6, 6.07) is 7.87. The van der Waals surface area contributed by atoms with Crippen molar-refractivity contribution in [2.75, 3.05) is 45.3 Å². The zero-order valence-corrected chi connectivity index (χ0v) is 16.7. The van der Waals surface area contributed by atoms with E-state index in [1.54, 1.807) is 24.2 Å². The van der Waals surface area contributed by atoms with Crippen molar-refractivity contribution in [1.82, 2.24) is 4.90 Å². The summed E-state index contributed by atoms with van der Waals surface area (Å²) in [5.41, 5.74) is 0.00126. The second-order valence-electron chi connectivity index (χ2n) is 6.69. The highest BCUT2D eigenvalue weighted by atomic mass is 19.4. The van der Waals surface area contributed by atoms with Crippen molar-refractivity contribution in [3.63, 3.8) is 0 Å². The van der Waals surface area contributed by atoms with Crippen LogP contribution in [-0.4, -0.2) is 51.2 Å². The second kappa shape index (κ2) is 9.06. The van der Waals surface area contributed by atoms with E-state index in [4.69, 9.17) is 9.47 Å². The molecular weight excluding hydrogens is 399 g/mol. The molecule has 0 aliphatic carbocycles. The Labute approximate surface area is 172 Å². The highest BCUT2D eigenvalue weighted by Gasteiger charge is 2.32. The minimum absolute atomic E-state index is 0.143. The monoisotopic (exact) mass is 422 g/mol. The molecule has 1 aromatic carbocycles. The highest BCUT2D eigenvalue weighted by molar-refractivity contribution is 5.92. The Bertz CT molecular complexity index is 906. The van der Waals surface area contributed by atoms with Crippen molar-refractivity contribution in [2.24, 2.45) is 0 Å². The zero-order chi connectivity index (χ0) is 21.7. The molecule has 1 aliphatic heterocycles. The summed E-state index contributed by atoms with van der Waals surface area (Å²) in [6.45, 7) is 1.97. The van der Waals surface area contributed by atoms with Crippen molar-refractivity contribution in [2.45, 2.75) is 6.18 Å². The van der Waals surface area contributed by atoms with Crippen molar-refractivity contribution < 1.29 is 32.4 Å². The first-order valence-corrected chi connectivity index (χ1v) is 9.35. The average molecular weight is 422 g/mol. The van der Waals surface area contributed by atoms with Crippen LogP contribution in [0.4, 0.5) is 19.0 Å². The van der Waals surface area contributed by atoms with Crippen molar-refractivity contribution in [1.29, 1.82) is 0 Å². The van der Waals surface area contributed by atoms with E-state index in [0.717, 1.165) is 17.8 Å². The van der Waals surface area contributed by atoms with E-state index >= 15 is 0 Å². The number of nitrogens with zero attached hydrogens (tertiary/aromatic N) is 2. The maximum absolute atomic E-state index is 12.7. The molecule has 0 saturated carbocycles. The first-order valence-electron chi connectivity index (χ1n) is 9.35. The van der Waals surface area contributed by atoms with E-state index in [-0.39, 0.29) is 5.91 Å². The minimum Gasteiger partial charge on any atom is -0.493 e. The van der Waals surface area contributed by atoms with Gasteiger partial charge in [-0.1, -0.05) is 12.1 Å². The summed E-state index contributed by atoms with van der Waals surface area (Å²) in [6.07, 6.45) is -0.258. The number of pyridine rings is 1. The van der Waals surface area contributed by atoms with Crippen LogP contribution in [0.25, 0.3) is 6.08 Å². The quantitative estimate of drug-likeness (QED) is 0.696. The van der Waals surface area contributed by atoms with Crippen LogP contribution >= 0.6 is 0 Å². The van der Waals surface area contributed by atoms with E-state index in [1.807, 2.05) is 17.0 Å². The number of aromatic amines is 1. The number of alkyl halides is 3. The topological polar surface area (TPSA) is 56.2 Å². The Hall–Kier alpha value is -3.23. The molecule has 0 spiro atoms. The molecule has 0 radical (unpaired) electrons. The van der Waals surface area contributed by atoms with Gasteiger partial charge in [-0.15, -0.1) is 0 Å². The van der Waals surface area contributed by atoms with Gasteiger partial charge in [-0.05, 0) is 18.2 Å². The summed E-state index contributed by atoms with van der Waals surface area (Å²) >= 11 is 0. The smallest absolute Gasteiger partial charge is 0.419 e. The van der Waals surface area contributed by atoms with E-state index in [1.165, 1.54) is 19.3 Å². The predicted molar refractivity (Wildman–Crippen MR) is 105 cm³/mol. The molecule has 0 bridgehead atoms. The molecule has 1 amide bonds. The number of H-pyrrole nitrogens is 1. The number of methoxy groups -OCH3 is 2. The maximum Gasteiger partial charge on any atom is 0.419 e. The van der Waals surface area contributed by atoms with Crippen LogP contribution in [0, 0.1) is 0 Å². The molecule has 0 unspecified atom stereocenters. The fourth-order valence-electron chi connectivity index (χ4n) is 3.27. The number of para-hydroxylation sites is 1. The van der Waals surface area contributed by atoms with Crippen LogP contribution in [0.5, 0.6) is 11.5 Å². The molecule has 2 aromatic rings. The maximum atomic E-state index is 12.7. The number of aromatic nitrogens is 1. The molecule has 6 nitrogen and oxygen atoms in total. The average Bonchev–Trinajstić information content (AvgIpc) is 2.76. The first kappa shape index (κ1) is 21.5. The summed E-state index contributed by atoms with van der Waals surface area (Å²) in [7, 11) is 3.08. The van der Waals surface area contributed by atoms with Crippen molar-refractivity contribution in [3.8, 4) is 11.5 Å². The molecule has 0 atom stereocenters. The number of anilines is 1. The Balaban J connectivity index is 1.60. The van der Waals surface area contributed by atoms with Gasteiger partial charge in [-0.25, -0.2) is 4.98 Å². The SMILES string of the molecule is COc1cccc(/C=C/C(=O)N2CCN(c3ccc(C(F)(F)F)c[nH+]3)CC2)c1OC. The first-order chi connectivity index (χ1) is 14.3. The van der Waals surface area contributed by atoms with Crippen molar-refractivity contribution >= 4 is 17.8 Å². The Kier molecular flexibility index (Phi) is 6.49. The van der Waals surface area contributed by atoms with Gasteiger partial charge in [-0.3, -0.25) is 9.69 Å². The van der Waals surface area contributed by atoms with E-state index in [9.17, 15) is 18.0 Å². The molecule has 1 fully saturated rings. The number of rotatable bonds is 5. The number of ether oxygens (including phenoxy) is 2. The van der Waals surface area contributed by atoms with Gasteiger partial charge in [0.25, 0.3) is 5.82 Å². The van der Waals surface area contributed by atoms with Crippen LogP contribution in [0.2, 0.25) is 0 Å². The van der Waals surface area contributed by atoms with Gasteiger partial charge in [0.15, 0.2) is 11.5 Å². The number of carbonyl (C=O) groups excluding carboxylic acids is 1. The van der Waals surface area contributed by atoms with E-state index in [0.29, 0.717) is 43.5 Å². The van der Waals surface area contributed by atoms with Crippen LogP contribution in [0.1, 0.15) is 11.1 Å². The summed E-state index contributed by atoms with van der Waals surface area (Å²) in [5, 5.41) is 0. The Morgan fingerprint density at radius 2 is 1.80 bits per heavy atom. The minimum atomic E-state index is -4.38. The van der Waals surface area contributed by atoms with Gasteiger partial charge in [-0.2, -0.15) is 13.2 Å². The standard InChI is InChI=1S/C21H22F3N3O3/c1-29-17-5-3-4-15(20(17)30-2)6-9-19(28)27-12-10-26(11-13-27)18-8-7-16(14-25-18)21(22,23)24/h3-9,14H,10-13H2,1-2H3/p+1/b9-6+. The van der Waals surface area contributed by atoms with Gasteiger partial charge in [0.1, 0.15) is 19.3 Å². The lowest BCUT2D eigenvalue weighted by Gasteiger charge is -2.30. The Morgan fingerprint density at radius 3 is 2.37 bits per heavy atom. The second-order valence-corrected chi connectivity index (χ2v) is 6.69.